The predicted molar refractivity (Wildman–Crippen MR) is 135 cm³/mol. The van der Waals surface area contributed by atoms with Gasteiger partial charge in [-0.3, -0.25) is 0 Å². The monoisotopic (exact) mass is 409 g/mol. The molecular weight excluding hydrogens is 386 g/mol. The van der Waals surface area contributed by atoms with Crippen LogP contribution in [0.1, 0.15) is 27.8 Å². The lowest BCUT2D eigenvalue weighted by Crippen LogP contribution is -2.28. The summed E-state index contributed by atoms with van der Waals surface area (Å²) in [7, 11) is 0. The fraction of sp³-hybridized carbons (Fsp3) is 0.0323. The van der Waals surface area contributed by atoms with E-state index in [0.717, 1.165) is 11.3 Å². The molecule has 0 unspecified atom stereocenters. The molecule has 1 N–H and O–H groups in total. The summed E-state index contributed by atoms with van der Waals surface area (Å²) in [4.78, 5) is 0. The molecule has 0 saturated heterocycles. The minimum absolute atomic E-state index is 0.383. The number of fused-ring (bicyclic) bond motifs is 5. The van der Waals surface area contributed by atoms with Crippen molar-refractivity contribution in [3.05, 3.63) is 156 Å². The first-order valence-electron chi connectivity index (χ1n) is 11.0. The van der Waals surface area contributed by atoms with Crippen molar-refractivity contribution in [1.82, 2.24) is 0 Å². The van der Waals surface area contributed by atoms with Crippen LogP contribution in [0.3, 0.4) is 0 Å². The molecule has 0 saturated carbocycles. The highest BCUT2D eigenvalue weighted by Crippen LogP contribution is 2.58. The summed E-state index contributed by atoms with van der Waals surface area (Å²) in [6, 6.07) is 35.1. The second kappa shape index (κ2) is 7.25. The maximum Gasteiger partial charge on any atom is 0.0713 e. The molecule has 1 nitrogen and oxygen atoms in total. The van der Waals surface area contributed by atoms with Crippen molar-refractivity contribution < 1.29 is 0 Å². The molecule has 0 radical (unpaired) electrons. The Labute approximate surface area is 189 Å². The molecule has 0 spiro atoms. The van der Waals surface area contributed by atoms with E-state index in [1.165, 1.54) is 38.9 Å². The number of hydrogen-bond donors (Lipinski definition) is 1. The molecule has 0 fully saturated rings. The summed E-state index contributed by atoms with van der Waals surface area (Å²) in [6.07, 6.45) is 8.13. The van der Waals surface area contributed by atoms with Gasteiger partial charge in [-0.2, -0.15) is 0 Å². The van der Waals surface area contributed by atoms with Gasteiger partial charge < -0.3 is 5.32 Å². The molecule has 4 aromatic rings. The van der Waals surface area contributed by atoms with Gasteiger partial charge in [0, 0.05) is 17.5 Å². The molecule has 4 aromatic carbocycles. The summed E-state index contributed by atoms with van der Waals surface area (Å²) >= 11 is 0. The molecule has 0 bridgehead atoms. The van der Waals surface area contributed by atoms with E-state index in [4.69, 9.17) is 0 Å². The fourth-order valence-corrected chi connectivity index (χ4v) is 5.44. The Morgan fingerprint density at radius 3 is 1.97 bits per heavy atom. The first-order chi connectivity index (χ1) is 15.8. The molecule has 0 atom stereocenters. The lowest BCUT2D eigenvalue weighted by Gasteiger charge is -2.34. The number of rotatable bonds is 2. The fourth-order valence-electron chi connectivity index (χ4n) is 5.44. The van der Waals surface area contributed by atoms with Gasteiger partial charge in [-0.15, -0.1) is 0 Å². The standard InChI is InChI=1S/C31H23N/c1-22-12-10-11-21-32-28-20-19-27-30(29(22)28)25-17-8-9-18-26(25)31(27,23-13-4-2-5-14-23)24-15-6-3-7-16-24/h2-21,32H,1H2/b12-10-,21-11-. The van der Waals surface area contributed by atoms with Gasteiger partial charge in [0.15, 0.2) is 0 Å². The normalized spacial score (nSPS) is 17.2. The predicted octanol–water partition coefficient (Wildman–Crippen LogP) is 7.56. The van der Waals surface area contributed by atoms with E-state index >= 15 is 0 Å². The minimum atomic E-state index is -0.383. The van der Waals surface area contributed by atoms with Crippen molar-refractivity contribution >= 4 is 11.3 Å². The number of allylic oxidation sites excluding steroid dienone is 4. The molecule has 1 aliphatic heterocycles. The summed E-state index contributed by atoms with van der Waals surface area (Å²) in [5, 5.41) is 3.47. The van der Waals surface area contributed by atoms with Crippen molar-refractivity contribution in [3.8, 4) is 11.1 Å². The van der Waals surface area contributed by atoms with Crippen LogP contribution in [-0.2, 0) is 5.41 Å². The summed E-state index contributed by atoms with van der Waals surface area (Å²) in [5.74, 6) is 0. The third-order valence-electron chi connectivity index (χ3n) is 6.69. The Morgan fingerprint density at radius 1 is 0.594 bits per heavy atom. The van der Waals surface area contributed by atoms with E-state index in [2.05, 4.69) is 115 Å². The van der Waals surface area contributed by atoms with Gasteiger partial charge in [0.2, 0.25) is 0 Å². The Kier molecular flexibility index (Phi) is 4.22. The highest BCUT2D eigenvalue weighted by atomic mass is 14.8. The van der Waals surface area contributed by atoms with Gasteiger partial charge in [-0.05, 0) is 51.1 Å². The van der Waals surface area contributed by atoms with Crippen molar-refractivity contribution in [2.45, 2.75) is 5.41 Å². The average Bonchev–Trinajstić information content (AvgIpc) is 3.14. The molecule has 32 heavy (non-hydrogen) atoms. The van der Waals surface area contributed by atoms with E-state index in [-0.39, 0.29) is 5.41 Å². The summed E-state index contributed by atoms with van der Waals surface area (Å²) in [5.41, 5.74) is 10.6. The first-order valence-corrected chi connectivity index (χ1v) is 11.0. The van der Waals surface area contributed by atoms with Crippen LogP contribution in [0.15, 0.2) is 128 Å². The molecule has 6 rings (SSSR count). The Morgan fingerprint density at radius 2 is 1.25 bits per heavy atom. The van der Waals surface area contributed by atoms with Crippen LogP contribution >= 0.6 is 0 Å². The number of nitrogens with one attached hydrogen (secondary N) is 1. The SMILES string of the molecule is C=C1/C=C\C=C/Nc2ccc3c(c21)-c1ccccc1C3(c1ccccc1)c1ccccc1. The van der Waals surface area contributed by atoms with Crippen LogP contribution in [-0.4, -0.2) is 0 Å². The molecular formula is C31H23N. The van der Waals surface area contributed by atoms with Crippen LogP contribution in [0.5, 0.6) is 0 Å². The van der Waals surface area contributed by atoms with Gasteiger partial charge in [-0.25, -0.2) is 0 Å². The van der Waals surface area contributed by atoms with E-state index in [1.807, 2.05) is 18.4 Å². The second-order valence-corrected chi connectivity index (χ2v) is 8.33. The Hall–Kier alpha value is -4.10. The third-order valence-corrected chi connectivity index (χ3v) is 6.69. The number of hydrogen-bond acceptors (Lipinski definition) is 1. The van der Waals surface area contributed by atoms with Crippen molar-refractivity contribution in [2.75, 3.05) is 5.32 Å². The first kappa shape index (κ1) is 18.7. The summed E-state index contributed by atoms with van der Waals surface area (Å²) < 4.78 is 0. The zero-order valence-corrected chi connectivity index (χ0v) is 17.8. The zero-order chi connectivity index (χ0) is 21.5. The smallest absolute Gasteiger partial charge is 0.0713 e. The van der Waals surface area contributed by atoms with E-state index in [0.29, 0.717) is 0 Å². The van der Waals surface area contributed by atoms with E-state index in [1.54, 1.807) is 0 Å². The highest BCUT2D eigenvalue weighted by molar-refractivity contribution is 5.99. The molecule has 2 aliphatic rings. The van der Waals surface area contributed by atoms with Gasteiger partial charge in [0.05, 0.1) is 5.41 Å². The van der Waals surface area contributed by atoms with Crippen molar-refractivity contribution in [2.24, 2.45) is 0 Å². The van der Waals surface area contributed by atoms with Crippen LogP contribution in [0.4, 0.5) is 5.69 Å². The molecule has 152 valence electrons. The zero-order valence-electron chi connectivity index (χ0n) is 17.8. The molecule has 1 heteroatoms. The van der Waals surface area contributed by atoms with Gasteiger partial charge in [0.25, 0.3) is 0 Å². The number of benzene rings is 4. The topological polar surface area (TPSA) is 12.0 Å². The number of anilines is 1. The molecule has 1 aliphatic carbocycles. The summed E-state index contributed by atoms with van der Waals surface area (Å²) in [6.45, 7) is 4.44. The molecule has 0 aromatic heterocycles. The van der Waals surface area contributed by atoms with Crippen LogP contribution < -0.4 is 5.32 Å². The maximum atomic E-state index is 4.44. The van der Waals surface area contributed by atoms with Crippen LogP contribution in [0, 0.1) is 0 Å². The lowest BCUT2D eigenvalue weighted by molar-refractivity contribution is 0.768. The molecule has 0 amide bonds. The van der Waals surface area contributed by atoms with Crippen molar-refractivity contribution in [1.29, 1.82) is 0 Å². The Balaban J connectivity index is 1.80. The van der Waals surface area contributed by atoms with Gasteiger partial charge in [0.1, 0.15) is 0 Å². The highest BCUT2D eigenvalue weighted by Gasteiger charge is 2.47. The second-order valence-electron chi connectivity index (χ2n) is 8.33. The largest absolute Gasteiger partial charge is 0.361 e. The molecule has 1 heterocycles. The van der Waals surface area contributed by atoms with Crippen LogP contribution in [0.25, 0.3) is 16.7 Å². The van der Waals surface area contributed by atoms with Gasteiger partial charge >= 0.3 is 0 Å². The lowest BCUT2D eigenvalue weighted by atomic mass is 9.67. The van der Waals surface area contributed by atoms with Crippen molar-refractivity contribution in [3.63, 3.8) is 0 Å². The Bertz CT molecular complexity index is 1350. The minimum Gasteiger partial charge on any atom is -0.361 e. The average molecular weight is 410 g/mol. The van der Waals surface area contributed by atoms with Gasteiger partial charge in [-0.1, -0.05) is 110 Å². The third kappa shape index (κ3) is 2.52. The maximum absolute atomic E-state index is 4.44. The van der Waals surface area contributed by atoms with E-state index in [9.17, 15) is 0 Å². The van der Waals surface area contributed by atoms with E-state index < -0.39 is 0 Å². The van der Waals surface area contributed by atoms with Crippen LogP contribution in [0.2, 0.25) is 0 Å². The quantitative estimate of drug-likeness (QED) is 0.317.